The topological polar surface area (TPSA) is 9.23 Å². The van der Waals surface area contributed by atoms with Crippen LogP contribution in [0.25, 0.3) is 0 Å². The predicted molar refractivity (Wildman–Crippen MR) is 69.7 cm³/mol. The summed E-state index contributed by atoms with van der Waals surface area (Å²) >= 11 is 0. The van der Waals surface area contributed by atoms with Crippen LogP contribution >= 0.6 is 0 Å². The molecule has 0 saturated carbocycles. The number of hydrogen-bond acceptors (Lipinski definition) is 1. The van der Waals surface area contributed by atoms with Crippen LogP contribution < -0.4 is 0 Å². The first-order valence-electron chi connectivity index (χ1n) is 6.31. The average molecular weight is 238 g/mol. The first-order chi connectivity index (χ1) is 7.99. The number of hydrogen-bond donors (Lipinski definition) is 0. The predicted octanol–water partition coefficient (Wildman–Crippen LogP) is 4.43. The summed E-state index contributed by atoms with van der Waals surface area (Å²) in [6.45, 7) is 8.18. The van der Waals surface area contributed by atoms with E-state index >= 15 is 0 Å². The zero-order valence-corrected chi connectivity index (χ0v) is 11.5. The fourth-order valence-corrected chi connectivity index (χ4v) is 2.12. The van der Waals surface area contributed by atoms with Crippen molar-refractivity contribution in [1.82, 2.24) is 0 Å². The molecule has 0 saturated heterocycles. The van der Waals surface area contributed by atoms with Gasteiger partial charge in [0.15, 0.2) is 0 Å². The Morgan fingerprint density at radius 2 is 1.94 bits per heavy atom. The van der Waals surface area contributed by atoms with Gasteiger partial charge in [0.05, 0.1) is 6.10 Å². The molecule has 0 fully saturated rings. The molecule has 1 rings (SSSR count). The molecule has 0 amide bonds. The van der Waals surface area contributed by atoms with Crippen molar-refractivity contribution >= 4 is 0 Å². The lowest BCUT2D eigenvalue weighted by Gasteiger charge is -2.16. The van der Waals surface area contributed by atoms with Crippen LogP contribution in [-0.4, -0.2) is 7.11 Å². The minimum atomic E-state index is -0.187. The van der Waals surface area contributed by atoms with Crippen molar-refractivity contribution in [3.8, 4) is 0 Å². The monoisotopic (exact) mass is 238 g/mol. The van der Waals surface area contributed by atoms with Gasteiger partial charge in [-0.15, -0.1) is 0 Å². The van der Waals surface area contributed by atoms with Crippen molar-refractivity contribution in [3.05, 3.63) is 34.6 Å². The smallest absolute Gasteiger partial charge is 0.129 e. The van der Waals surface area contributed by atoms with E-state index in [1.165, 1.54) is 0 Å². The molecule has 0 N–H and O–H groups in total. The average Bonchev–Trinajstić information content (AvgIpc) is 2.27. The van der Waals surface area contributed by atoms with Gasteiger partial charge in [-0.2, -0.15) is 0 Å². The molecule has 1 aromatic rings. The highest BCUT2D eigenvalue weighted by Gasteiger charge is 2.15. The number of aryl methyl sites for hydroxylation is 1. The molecule has 2 atom stereocenters. The Morgan fingerprint density at radius 3 is 2.41 bits per heavy atom. The molecule has 1 aromatic carbocycles. The Kier molecular flexibility index (Phi) is 5.13. The third-order valence-corrected chi connectivity index (χ3v) is 3.44. The number of halogens is 1. The van der Waals surface area contributed by atoms with Crippen molar-refractivity contribution in [2.24, 2.45) is 5.92 Å². The Balaban J connectivity index is 3.01. The van der Waals surface area contributed by atoms with Gasteiger partial charge in [-0.1, -0.05) is 26.3 Å². The van der Waals surface area contributed by atoms with Crippen LogP contribution in [0.15, 0.2) is 12.1 Å². The molecule has 0 aromatic heterocycles. The van der Waals surface area contributed by atoms with E-state index in [9.17, 15) is 4.39 Å². The molecule has 96 valence electrons. The fraction of sp³-hybridized carbons (Fsp3) is 0.600. The lowest BCUT2D eigenvalue weighted by atomic mass is 9.94. The van der Waals surface area contributed by atoms with Gasteiger partial charge in [-0.05, 0) is 43.4 Å². The van der Waals surface area contributed by atoms with Crippen molar-refractivity contribution in [3.63, 3.8) is 0 Å². The van der Waals surface area contributed by atoms with Gasteiger partial charge in [0.2, 0.25) is 0 Å². The summed E-state index contributed by atoms with van der Waals surface area (Å²) in [7, 11) is 1.61. The summed E-state index contributed by atoms with van der Waals surface area (Å²) in [4.78, 5) is 0. The van der Waals surface area contributed by atoms with E-state index in [1.54, 1.807) is 13.2 Å². The summed E-state index contributed by atoms with van der Waals surface area (Å²) in [5, 5.41) is 0. The van der Waals surface area contributed by atoms with E-state index in [1.807, 2.05) is 13.8 Å². The maximum absolute atomic E-state index is 14.0. The van der Waals surface area contributed by atoms with Crippen molar-refractivity contribution in [1.29, 1.82) is 0 Å². The molecule has 17 heavy (non-hydrogen) atoms. The molecule has 1 unspecified atom stereocenters. The normalized spacial score (nSPS) is 14.7. The molecule has 1 nitrogen and oxygen atoms in total. The number of rotatable bonds is 5. The van der Waals surface area contributed by atoms with Gasteiger partial charge in [-0.3, -0.25) is 0 Å². The Morgan fingerprint density at radius 1 is 1.29 bits per heavy atom. The Hall–Kier alpha value is -0.890. The molecule has 0 spiro atoms. The molecule has 0 aliphatic heterocycles. The van der Waals surface area contributed by atoms with Crippen LogP contribution in [0.3, 0.4) is 0 Å². The number of benzene rings is 1. The van der Waals surface area contributed by atoms with Gasteiger partial charge in [0, 0.05) is 12.7 Å². The molecular formula is C15H23FO. The molecule has 0 radical (unpaired) electrons. The highest BCUT2D eigenvalue weighted by Crippen LogP contribution is 2.26. The third-order valence-electron chi connectivity index (χ3n) is 3.44. The first kappa shape index (κ1) is 14.2. The molecule has 2 heteroatoms. The zero-order valence-electron chi connectivity index (χ0n) is 11.5. The van der Waals surface area contributed by atoms with Gasteiger partial charge < -0.3 is 4.74 Å². The summed E-state index contributed by atoms with van der Waals surface area (Å²) < 4.78 is 19.2. The maximum atomic E-state index is 14.0. The minimum Gasteiger partial charge on any atom is -0.377 e. The van der Waals surface area contributed by atoms with Crippen LogP contribution in [0.2, 0.25) is 0 Å². The maximum Gasteiger partial charge on any atom is 0.129 e. The van der Waals surface area contributed by atoms with Crippen molar-refractivity contribution in [2.75, 3.05) is 7.11 Å². The molecular weight excluding hydrogens is 215 g/mol. The lowest BCUT2D eigenvalue weighted by molar-refractivity contribution is 0.115. The molecule has 0 bridgehead atoms. The molecule has 0 aliphatic rings. The summed E-state index contributed by atoms with van der Waals surface area (Å²) in [6, 6.07) is 3.74. The van der Waals surface area contributed by atoms with Gasteiger partial charge in [0.25, 0.3) is 0 Å². The van der Waals surface area contributed by atoms with Crippen LogP contribution in [0, 0.1) is 18.7 Å². The summed E-state index contributed by atoms with van der Waals surface area (Å²) in [6.07, 6.45) is 1.87. The Bertz CT molecular complexity index is 350. The van der Waals surface area contributed by atoms with Gasteiger partial charge in [0.1, 0.15) is 5.82 Å². The quantitative estimate of drug-likeness (QED) is 0.737. The van der Waals surface area contributed by atoms with E-state index in [-0.39, 0.29) is 11.9 Å². The second-order valence-corrected chi connectivity index (χ2v) is 4.90. The van der Waals surface area contributed by atoms with E-state index in [2.05, 4.69) is 19.9 Å². The fourth-order valence-electron chi connectivity index (χ4n) is 2.12. The largest absolute Gasteiger partial charge is 0.377 e. The number of methoxy groups -OCH3 is 1. The van der Waals surface area contributed by atoms with Crippen LogP contribution in [-0.2, 0) is 11.2 Å². The first-order valence-corrected chi connectivity index (χ1v) is 6.31. The van der Waals surface area contributed by atoms with Crippen molar-refractivity contribution in [2.45, 2.75) is 46.6 Å². The molecule has 0 aliphatic carbocycles. The van der Waals surface area contributed by atoms with Crippen molar-refractivity contribution < 1.29 is 9.13 Å². The standard InChI is InChI=1S/C15H23FO/c1-6-10(2)7-13-8-11(3)15(12(4)17-5)14(16)9-13/h8-10,12H,6-7H2,1-5H3/t10?,12-/m1/s1. The van der Waals surface area contributed by atoms with E-state index in [4.69, 9.17) is 4.74 Å². The Labute approximate surface area is 104 Å². The SMILES string of the molecule is CCC(C)Cc1cc(C)c([C@@H](C)OC)c(F)c1. The van der Waals surface area contributed by atoms with Gasteiger partial charge in [-0.25, -0.2) is 4.39 Å². The highest BCUT2D eigenvalue weighted by molar-refractivity contribution is 5.34. The van der Waals surface area contributed by atoms with Crippen LogP contribution in [0.4, 0.5) is 4.39 Å². The van der Waals surface area contributed by atoms with Crippen LogP contribution in [0.5, 0.6) is 0 Å². The summed E-state index contributed by atoms with van der Waals surface area (Å²) in [5.41, 5.74) is 2.75. The number of ether oxygens (including phenoxy) is 1. The van der Waals surface area contributed by atoms with E-state index in [0.29, 0.717) is 11.5 Å². The lowest BCUT2D eigenvalue weighted by Crippen LogP contribution is -2.05. The zero-order chi connectivity index (χ0) is 13.0. The van der Waals surface area contributed by atoms with E-state index in [0.717, 1.165) is 24.0 Å². The molecule has 0 heterocycles. The highest BCUT2D eigenvalue weighted by atomic mass is 19.1. The second kappa shape index (κ2) is 6.15. The van der Waals surface area contributed by atoms with Crippen LogP contribution in [0.1, 0.15) is 50.0 Å². The van der Waals surface area contributed by atoms with E-state index < -0.39 is 0 Å². The second-order valence-electron chi connectivity index (χ2n) is 4.90. The third kappa shape index (κ3) is 3.53. The minimum absolute atomic E-state index is 0.141. The van der Waals surface area contributed by atoms with Gasteiger partial charge >= 0.3 is 0 Å². The summed E-state index contributed by atoms with van der Waals surface area (Å²) in [5.74, 6) is 0.456.